The lowest BCUT2D eigenvalue weighted by atomic mass is 10.1. The summed E-state index contributed by atoms with van der Waals surface area (Å²) in [6, 6.07) is 5.92. The van der Waals surface area contributed by atoms with Gasteiger partial charge < -0.3 is 10.1 Å². The molecule has 0 aliphatic rings. The third kappa shape index (κ3) is 3.91. The van der Waals surface area contributed by atoms with Crippen molar-refractivity contribution in [2.75, 3.05) is 12.4 Å². The Hall–Kier alpha value is -1.77. The van der Waals surface area contributed by atoms with Crippen LogP contribution in [0, 0.1) is 6.92 Å². The number of allylic oxidation sites excluding steroid dienone is 1. The second-order valence-corrected chi connectivity index (χ2v) is 4.43. The Bertz CT molecular complexity index is 427. The topological polar surface area (TPSA) is 38.3 Å². The number of esters is 1. The van der Waals surface area contributed by atoms with E-state index in [2.05, 4.69) is 18.8 Å². The summed E-state index contributed by atoms with van der Waals surface area (Å²) in [4.78, 5) is 11.4. The van der Waals surface area contributed by atoms with E-state index in [4.69, 9.17) is 4.74 Å². The van der Waals surface area contributed by atoms with Crippen molar-refractivity contribution in [3.63, 3.8) is 0 Å². The van der Waals surface area contributed by atoms with Gasteiger partial charge in [0.25, 0.3) is 0 Å². The van der Waals surface area contributed by atoms with Crippen LogP contribution in [-0.2, 0) is 4.74 Å². The number of carbonyl (C=O) groups is 1. The Morgan fingerprint density at radius 1 is 1.56 bits per heavy atom. The normalized spacial score (nSPS) is 11.7. The average molecular weight is 247 g/mol. The van der Waals surface area contributed by atoms with Gasteiger partial charge in [-0.05, 0) is 50.5 Å². The van der Waals surface area contributed by atoms with Crippen molar-refractivity contribution >= 4 is 11.7 Å². The molecule has 98 valence electrons. The van der Waals surface area contributed by atoms with Gasteiger partial charge in [0, 0.05) is 11.7 Å². The highest BCUT2D eigenvalue weighted by molar-refractivity contribution is 5.90. The minimum absolute atomic E-state index is 0.302. The summed E-state index contributed by atoms with van der Waals surface area (Å²) in [6.45, 7) is 7.84. The molecular formula is C15H21NO2. The molecule has 3 heteroatoms. The fourth-order valence-corrected chi connectivity index (χ4v) is 1.78. The number of ether oxygens (including phenoxy) is 1. The minimum Gasteiger partial charge on any atom is -0.465 e. The summed E-state index contributed by atoms with van der Waals surface area (Å²) in [5.74, 6) is -0.302. The van der Waals surface area contributed by atoms with Crippen LogP contribution in [0.15, 0.2) is 30.9 Å². The molecule has 1 atom stereocenters. The smallest absolute Gasteiger partial charge is 0.337 e. The van der Waals surface area contributed by atoms with Gasteiger partial charge in [-0.25, -0.2) is 4.79 Å². The van der Waals surface area contributed by atoms with Gasteiger partial charge in [0.15, 0.2) is 0 Å². The van der Waals surface area contributed by atoms with Crippen LogP contribution in [0.25, 0.3) is 0 Å². The van der Waals surface area contributed by atoms with Gasteiger partial charge in [0.1, 0.15) is 0 Å². The van der Waals surface area contributed by atoms with Crippen molar-refractivity contribution < 1.29 is 9.53 Å². The van der Waals surface area contributed by atoms with Crippen LogP contribution in [0.1, 0.15) is 35.7 Å². The molecule has 1 aromatic carbocycles. The summed E-state index contributed by atoms with van der Waals surface area (Å²) < 4.78 is 4.69. The zero-order valence-corrected chi connectivity index (χ0v) is 11.3. The number of anilines is 1. The van der Waals surface area contributed by atoms with Crippen LogP contribution >= 0.6 is 0 Å². The van der Waals surface area contributed by atoms with Crippen molar-refractivity contribution in [2.24, 2.45) is 0 Å². The Morgan fingerprint density at radius 2 is 2.28 bits per heavy atom. The number of aryl methyl sites for hydroxylation is 1. The third-order valence-corrected chi connectivity index (χ3v) is 2.85. The molecule has 1 unspecified atom stereocenters. The van der Waals surface area contributed by atoms with Gasteiger partial charge in [-0.3, -0.25) is 0 Å². The van der Waals surface area contributed by atoms with E-state index in [0.29, 0.717) is 11.6 Å². The first-order valence-electron chi connectivity index (χ1n) is 6.15. The van der Waals surface area contributed by atoms with Crippen molar-refractivity contribution in [3.05, 3.63) is 42.0 Å². The lowest BCUT2D eigenvalue weighted by Gasteiger charge is -2.16. The van der Waals surface area contributed by atoms with E-state index in [-0.39, 0.29) is 5.97 Å². The van der Waals surface area contributed by atoms with Crippen LogP contribution in [0.4, 0.5) is 5.69 Å². The highest BCUT2D eigenvalue weighted by Crippen LogP contribution is 2.19. The lowest BCUT2D eigenvalue weighted by molar-refractivity contribution is 0.0600. The zero-order chi connectivity index (χ0) is 13.5. The second-order valence-electron chi connectivity index (χ2n) is 4.43. The van der Waals surface area contributed by atoms with Crippen LogP contribution < -0.4 is 5.32 Å². The maximum atomic E-state index is 11.4. The van der Waals surface area contributed by atoms with Crippen LogP contribution in [0.3, 0.4) is 0 Å². The largest absolute Gasteiger partial charge is 0.465 e. The quantitative estimate of drug-likeness (QED) is 0.617. The van der Waals surface area contributed by atoms with Gasteiger partial charge in [0.05, 0.1) is 12.7 Å². The molecule has 1 N–H and O–H groups in total. The maximum Gasteiger partial charge on any atom is 0.337 e. The number of benzene rings is 1. The fourth-order valence-electron chi connectivity index (χ4n) is 1.78. The van der Waals surface area contributed by atoms with Gasteiger partial charge in [0.2, 0.25) is 0 Å². The molecule has 0 radical (unpaired) electrons. The third-order valence-electron chi connectivity index (χ3n) is 2.85. The van der Waals surface area contributed by atoms with E-state index in [1.54, 1.807) is 6.07 Å². The molecule has 0 bridgehead atoms. The average Bonchev–Trinajstić information content (AvgIpc) is 2.37. The molecule has 0 heterocycles. The number of nitrogens with one attached hydrogen (secondary N) is 1. The zero-order valence-electron chi connectivity index (χ0n) is 11.3. The first-order chi connectivity index (χ1) is 8.58. The van der Waals surface area contributed by atoms with E-state index < -0.39 is 0 Å². The Labute approximate surface area is 109 Å². The lowest BCUT2D eigenvalue weighted by Crippen LogP contribution is -2.15. The van der Waals surface area contributed by atoms with Crippen molar-refractivity contribution in [3.8, 4) is 0 Å². The Balaban J connectivity index is 2.73. The first-order valence-corrected chi connectivity index (χ1v) is 6.15. The first kappa shape index (κ1) is 14.3. The number of methoxy groups -OCH3 is 1. The van der Waals surface area contributed by atoms with Gasteiger partial charge >= 0.3 is 5.97 Å². The van der Waals surface area contributed by atoms with Crippen molar-refractivity contribution in [2.45, 2.75) is 32.7 Å². The summed E-state index contributed by atoms with van der Waals surface area (Å²) in [7, 11) is 1.39. The molecule has 0 amide bonds. The number of carbonyl (C=O) groups excluding carboxylic acids is 1. The van der Waals surface area contributed by atoms with Gasteiger partial charge in [-0.15, -0.1) is 6.58 Å². The molecule has 0 saturated heterocycles. The summed E-state index contributed by atoms with van der Waals surface area (Å²) in [5, 5.41) is 3.43. The molecule has 0 aliphatic heterocycles. The minimum atomic E-state index is -0.302. The van der Waals surface area contributed by atoms with Gasteiger partial charge in [-0.1, -0.05) is 6.08 Å². The fraction of sp³-hybridized carbons (Fsp3) is 0.400. The van der Waals surface area contributed by atoms with Crippen molar-refractivity contribution in [1.29, 1.82) is 0 Å². The Morgan fingerprint density at radius 3 is 2.83 bits per heavy atom. The van der Waals surface area contributed by atoms with Gasteiger partial charge in [-0.2, -0.15) is 0 Å². The van der Waals surface area contributed by atoms with Crippen LogP contribution in [0.5, 0.6) is 0 Å². The highest BCUT2D eigenvalue weighted by atomic mass is 16.5. The molecule has 0 saturated carbocycles. The van der Waals surface area contributed by atoms with Crippen molar-refractivity contribution in [1.82, 2.24) is 0 Å². The summed E-state index contributed by atoms with van der Waals surface area (Å²) >= 11 is 0. The molecule has 0 aromatic heterocycles. The molecule has 18 heavy (non-hydrogen) atoms. The maximum absolute atomic E-state index is 11.4. The number of rotatable bonds is 6. The van der Waals surface area contributed by atoms with E-state index >= 15 is 0 Å². The summed E-state index contributed by atoms with van der Waals surface area (Å²) in [6.07, 6.45) is 3.96. The summed E-state index contributed by atoms with van der Waals surface area (Å²) in [5.41, 5.74) is 2.68. The van der Waals surface area contributed by atoms with E-state index in [0.717, 1.165) is 24.1 Å². The molecule has 0 fully saturated rings. The Kier molecular flexibility index (Phi) is 5.43. The molecular weight excluding hydrogens is 226 g/mol. The SMILES string of the molecule is C=CCCC(C)Nc1ccc(C(=O)OC)cc1C. The van der Waals surface area contributed by atoms with E-state index in [1.165, 1.54) is 7.11 Å². The molecule has 0 spiro atoms. The predicted molar refractivity (Wildman–Crippen MR) is 75.0 cm³/mol. The number of hydrogen-bond acceptors (Lipinski definition) is 3. The number of hydrogen-bond donors (Lipinski definition) is 1. The van der Waals surface area contributed by atoms with Crippen LogP contribution in [-0.4, -0.2) is 19.1 Å². The van der Waals surface area contributed by atoms with Crippen LogP contribution in [0.2, 0.25) is 0 Å². The predicted octanol–water partition coefficient (Wildman–Crippen LogP) is 3.55. The molecule has 0 aliphatic carbocycles. The monoisotopic (exact) mass is 247 g/mol. The second kappa shape index (κ2) is 6.84. The molecule has 3 nitrogen and oxygen atoms in total. The molecule has 1 aromatic rings. The standard InChI is InChI=1S/C15H21NO2/c1-5-6-7-12(3)16-14-9-8-13(10-11(14)2)15(17)18-4/h5,8-10,12,16H,1,6-7H2,2-4H3. The van der Waals surface area contributed by atoms with E-state index in [1.807, 2.05) is 25.1 Å². The molecule has 1 rings (SSSR count). The highest BCUT2D eigenvalue weighted by Gasteiger charge is 2.08. The van der Waals surface area contributed by atoms with E-state index in [9.17, 15) is 4.79 Å².